The molecule has 1 amide bonds. The van der Waals surface area contributed by atoms with Crippen LogP contribution in [0.4, 0.5) is 20.4 Å². The van der Waals surface area contributed by atoms with Gasteiger partial charge in [0.05, 0.1) is 71.8 Å². The number of carboxylic acid groups (broad SMARTS) is 1. The van der Waals surface area contributed by atoms with Crippen LogP contribution in [0.25, 0.3) is 34.4 Å². The number of anilines is 2. The fraction of sp³-hybridized carbons (Fsp3) is 0.333. The first-order valence-corrected chi connectivity index (χ1v) is 23.1. The van der Waals surface area contributed by atoms with Gasteiger partial charge in [-0.1, -0.05) is 26.0 Å². The van der Waals surface area contributed by atoms with Gasteiger partial charge in [-0.3, -0.25) is 4.79 Å². The quantitative estimate of drug-likeness (QED) is 0.0717. The predicted molar refractivity (Wildman–Crippen MR) is 255 cm³/mol. The molecule has 2 aliphatic rings. The van der Waals surface area contributed by atoms with Gasteiger partial charge in [0, 0.05) is 29.8 Å². The van der Waals surface area contributed by atoms with Gasteiger partial charge in [0.2, 0.25) is 11.6 Å². The van der Waals surface area contributed by atoms with Crippen LogP contribution in [-0.2, 0) is 13.0 Å². The number of aliphatic hydroxyl groups is 2. The van der Waals surface area contributed by atoms with Crippen LogP contribution in [0.2, 0.25) is 0 Å². The third-order valence-electron chi connectivity index (χ3n) is 12.0. The van der Waals surface area contributed by atoms with Gasteiger partial charge in [-0.15, -0.1) is 10.2 Å². The van der Waals surface area contributed by atoms with Crippen molar-refractivity contribution in [1.82, 2.24) is 69.5 Å². The first-order chi connectivity index (χ1) is 34.3. The van der Waals surface area contributed by atoms with Crippen molar-refractivity contribution in [2.75, 3.05) is 17.7 Å². The van der Waals surface area contributed by atoms with Crippen molar-refractivity contribution in [3.63, 3.8) is 0 Å². The standard InChI is InChI=1S/C23H23FN8O3.C15H15FN2O2.C10H14N6/c1-13(10-33)32-22(28-29-30-32)18-3-2-4-21(26-18)27-23(35)16-8-20(15(11-34)7-17(16)24)31-9-19(25-12-31)14-5-6-14;1-2-9-5-12(16)11(15(19)20)6-14(9)18-7-13(17-8-18)10-3-4-10;1-3-7(2)16-10(13-14-15-16)8-5-4-6-9(11)12-8/h2-4,7-9,12-14,33-34H,5-6,10-11H2,1H3,(H,26,27,35);5-8,10H,2-4H2,1H3,(H,19,20);4-7H,3H2,1-2H3,(H2,11,12)/t13-;;7-/m1.1/s1. The molecule has 2 fully saturated rings. The van der Waals surface area contributed by atoms with Crippen LogP contribution in [0, 0.1) is 11.6 Å². The summed E-state index contributed by atoms with van der Waals surface area (Å²) >= 11 is 0. The Kier molecular flexibility index (Phi) is 15.0. The molecule has 2 aliphatic carbocycles. The summed E-state index contributed by atoms with van der Waals surface area (Å²) in [6, 6.07) is 15.4. The van der Waals surface area contributed by atoms with E-state index in [9.17, 15) is 28.6 Å². The van der Waals surface area contributed by atoms with Crippen molar-refractivity contribution in [1.29, 1.82) is 0 Å². The lowest BCUT2D eigenvalue weighted by atomic mass is 10.1. The minimum Gasteiger partial charge on any atom is -0.478 e. The van der Waals surface area contributed by atoms with Crippen molar-refractivity contribution < 1.29 is 33.7 Å². The Morgan fingerprint density at radius 3 is 1.82 bits per heavy atom. The Morgan fingerprint density at radius 2 is 1.28 bits per heavy atom. The molecule has 2 atom stereocenters. The number of benzene rings is 2. The van der Waals surface area contributed by atoms with Gasteiger partial charge in [0.25, 0.3) is 5.91 Å². The number of aromatic carboxylic acids is 1. The number of nitrogens with zero attached hydrogens (tertiary/aromatic N) is 14. The lowest BCUT2D eigenvalue weighted by molar-refractivity contribution is 0.0691. The number of pyridine rings is 2. The SMILES string of the molecule is CC[C@@H](C)n1nnnc1-c1cccc(N)n1.CCc1cc(F)c(C(=O)O)cc1-n1cnc(C2CC2)c1.C[C@H](CO)n1nnnc1-c1cccc(NC(=O)c2cc(-n3cnc(C4CC4)c3)c(CO)cc2F)n1. The van der Waals surface area contributed by atoms with Crippen molar-refractivity contribution in [2.24, 2.45) is 0 Å². The minimum atomic E-state index is -1.26. The summed E-state index contributed by atoms with van der Waals surface area (Å²) in [5.41, 5.74) is 10.4. The fourth-order valence-electron chi connectivity index (χ4n) is 7.51. The van der Waals surface area contributed by atoms with Gasteiger partial charge >= 0.3 is 5.97 Å². The molecule has 10 rings (SSSR count). The Morgan fingerprint density at radius 1 is 0.746 bits per heavy atom. The van der Waals surface area contributed by atoms with Crippen LogP contribution in [0.1, 0.15) is 127 Å². The molecule has 6 N–H and O–H groups in total. The number of carboxylic acids is 1. The van der Waals surface area contributed by atoms with Crippen molar-refractivity contribution in [3.8, 4) is 34.4 Å². The molecule has 71 heavy (non-hydrogen) atoms. The topological polar surface area (TPSA) is 282 Å². The van der Waals surface area contributed by atoms with Crippen LogP contribution in [0.3, 0.4) is 0 Å². The van der Waals surface area contributed by atoms with E-state index in [0.29, 0.717) is 64.0 Å². The smallest absolute Gasteiger partial charge is 0.338 e. The third-order valence-corrected chi connectivity index (χ3v) is 12.0. The number of amides is 1. The van der Waals surface area contributed by atoms with E-state index in [0.717, 1.165) is 55.1 Å². The average Bonchev–Trinajstić information content (AvgIpc) is 4.11. The number of tetrazole rings is 2. The normalized spacial score (nSPS) is 13.9. The van der Waals surface area contributed by atoms with E-state index in [4.69, 9.17) is 10.8 Å². The largest absolute Gasteiger partial charge is 0.478 e. The maximum absolute atomic E-state index is 14.8. The van der Waals surface area contributed by atoms with Crippen molar-refractivity contribution >= 4 is 23.5 Å². The van der Waals surface area contributed by atoms with Crippen molar-refractivity contribution in [3.05, 3.63) is 131 Å². The molecule has 0 unspecified atom stereocenters. The Balaban J connectivity index is 0.000000158. The molecule has 368 valence electrons. The van der Waals surface area contributed by atoms with E-state index in [1.807, 2.05) is 31.5 Å². The van der Waals surface area contributed by atoms with Crippen molar-refractivity contribution in [2.45, 2.75) is 96.7 Å². The van der Waals surface area contributed by atoms with Crippen LogP contribution in [0.5, 0.6) is 0 Å². The van der Waals surface area contributed by atoms with Gasteiger partial charge in [-0.25, -0.2) is 42.9 Å². The predicted octanol–water partition coefficient (Wildman–Crippen LogP) is 6.67. The molecule has 0 bridgehead atoms. The van der Waals surface area contributed by atoms with Crippen LogP contribution < -0.4 is 11.1 Å². The highest BCUT2D eigenvalue weighted by Gasteiger charge is 2.28. The number of nitrogens with two attached hydrogens (primary N) is 1. The highest BCUT2D eigenvalue weighted by molar-refractivity contribution is 6.04. The fourth-order valence-corrected chi connectivity index (χ4v) is 7.51. The molecular formula is C48H52F2N16O5. The molecule has 6 heterocycles. The van der Waals surface area contributed by atoms with Gasteiger partial charge in [0.15, 0.2) is 0 Å². The summed E-state index contributed by atoms with van der Waals surface area (Å²) in [5.74, 6) is -0.858. The highest BCUT2D eigenvalue weighted by Crippen LogP contribution is 2.40. The molecule has 0 aliphatic heterocycles. The summed E-state index contributed by atoms with van der Waals surface area (Å²) in [5, 5.41) is 53.9. The Labute approximate surface area is 405 Å². The monoisotopic (exact) mass is 970 g/mol. The summed E-state index contributed by atoms with van der Waals surface area (Å²) < 4.78 is 35.2. The van der Waals surface area contributed by atoms with E-state index >= 15 is 0 Å². The number of aryl methyl sites for hydroxylation is 1. The summed E-state index contributed by atoms with van der Waals surface area (Å²) in [6.07, 6.45) is 13.1. The maximum atomic E-state index is 14.8. The molecule has 6 aromatic heterocycles. The number of rotatable bonds is 15. The number of nitrogen functional groups attached to an aromatic ring is 1. The number of halogens is 2. The first-order valence-electron chi connectivity index (χ1n) is 23.1. The second-order valence-corrected chi connectivity index (χ2v) is 17.2. The molecule has 0 spiro atoms. The Bertz CT molecular complexity index is 3160. The van der Waals surface area contributed by atoms with Gasteiger partial charge in [0.1, 0.15) is 34.7 Å². The zero-order valence-corrected chi connectivity index (χ0v) is 39.3. The molecule has 21 nitrogen and oxygen atoms in total. The number of imidazole rings is 2. The lowest BCUT2D eigenvalue weighted by Crippen LogP contribution is -2.17. The number of hydrogen-bond donors (Lipinski definition) is 5. The molecule has 2 saturated carbocycles. The summed E-state index contributed by atoms with van der Waals surface area (Å²) in [7, 11) is 0. The number of aliphatic hydroxyl groups excluding tert-OH is 2. The van der Waals surface area contributed by atoms with Gasteiger partial charge in [-0.2, -0.15) is 0 Å². The second-order valence-electron chi connectivity index (χ2n) is 17.2. The number of carbonyl (C=O) groups is 2. The van der Waals surface area contributed by atoms with E-state index < -0.39 is 30.1 Å². The number of carbonyl (C=O) groups excluding carboxylic acids is 1. The van der Waals surface area contributed by atoms with E-state index in [1.165, 1.54) is 22.9 Å². The molecule has 23 heteroatoms. The zero-order chi connectivity index (χ0) is 50.3. The minimum absolute atomic E-state index is 0.168. The van der Waals surface area contributed by atoms with Gasteiger partial charge in [-0.05, 0) is 127 Å². The number of hydrogen-bond acceptors (Lipinski definition) is 15. The Hall–Kier alpha value is -8.18. The molecule has 8 aromatic rings. The summed E-state index contributed by atoms with van der Waals surface area (Å²) in [6.45, 7) is 7.25. The number of aromatic nitrogens is 14. The van der Waals surface area contributed by atoms with Gasteiger partial charge < -0.3 is 35.5 Å². The maximum Gasteiger partial charge on any atom is 0.338 e. The van der Waals surface area contributed by atoms with E-state index in [-0.39, 0.29) is 35.6 Å². The average molecular weight is 971 g/mol. The number of nitrogens with one attached hydrogen (secondary N) is 1. The first kappa shape index (κ1) is 49.2. The molecule has 0 radical (unpaired) electrons. The lowest BCUT2D eigenvalue weighted by Gasteiger charge is -2.13. The third kappa shape index (κ3) is 11.3. The van der Waals surface area contributed by atoms with E-state index in [1.54, 1.807) is 57.7 Å². The van der Waals surface area contributed by atoms with Crippen LogP contribution >= 0.6 is 0 Å². The van der Waals surface area contributed by atoms with Crippen LogP contribution in [-0.4, -0.2) is 103 Å². The highest BCUT2D eigenvalue weighted by atomic mass is 19.1. The molecular weight excluding hydrogens is 919 g/mol. The zero-order valence-electron chi connectivity index (χ0n) is 39.3. The molecule has 0 saturated heterocycles. The van der Waals surface area contributed by atoms with E-state index in [2.05, 4.69) is 70.2 Å². The van der Waals surface area contributed by atoms with Crippen LogP contribution in [0.15, 0.2) is 85.7 Å². The summed E-state index contributed by atoms with van der Waals surface area (Å²) in [4.78, 5) is 41.4. The molecule has 2 aromatic carbocycles. The second kappa shape index (κ2) is 21.6.